The van der Waals surface area contributed by atoms with Gasteiger partial charge in [-0.1, -0.05) is 0 Å². The van der Waals surface area contributed by atoms with Crippen LogP contribution in [0, 0.1) is 0 Å². The largest absolute Gasteiger partial charge is 0.390 e. The molecule has 2 saturated heterocycles. The molecule has 2 aliphatic rings. The molecule has 3 heterocycles. The summed E-state index contributed by atoms with van der Waals surface area (Å²) in [6, 6.07) is 0.444. The smallest absolute Gasteiger partial charge is 0.385 e. The zero-order chi connectivity index (χ0) is 20.1. The molecular formula is C18H27F3N4O3. The quantitative estimate of drug-likeness (QED) is 0.780. The Balaban J connectivity index is 1.48. The van der Waals surface area contributed by atoms with E-state index in [4.69, 9.17) is 4.74 Å². The fourth-order valence-corrected chi connectivity index (χ4v) is 3.86. The van der Waals surface area contributed by atoms with Crippen molar-refractivity contribution in [2.75, 3.05) is 39.4 Å². The molecule has 1 unspecified atom stereocenters. The molecule has 158 valence electrons. The predicted molar refractivity (Wildman–Crippen MR) is 94.5 cm³/mol. The average molecular weight is 404 g/mol. The van der Waals surface area contributed by atoms with Crippen LogP contribution < -0.4 is 0 Å². The Labute approximate surface area is 162 Å². The predicted octanol–water partition coefficient (Wildman–Crippen LogP) is 1.58. The minimum Gasteiger partial charge on any atom is -0.385 e. The second-order valence-electron chi connectivity index (χ2n) is 7.32. The third-order valence-electron chi connectivity index (χ3n) is 5.43. The Morgan fingerprint density at radius 2 is 1.93 bits per heavy atom. The summed E-state index contributed by atoms with van der Waals surface area (Å²) in [5.41, 5.74) is 0. The summed E-state index contributed by atoms with van der Waals surface area (Å²) in [5, 5.41) is 10.3. The standard InChI is InChI=1S/C18H27F3N4O3/c19-18(20,21)3-7-25-8-4-22-17(25)15(26)13-16(27)24-5-1-14(2-6-24)23-9-11-28-12-10-23/h4,8,14-15,26H,1-3,5-7,9-13H2. The van der Waals surface area contributed by atoms with E-state index in [2.05, 4.69) is 9.88 Å². The van der Waals surface area contributed by atoms with Crippen molar-refractivity contribution >= 4 is 5.91 Å². The van der Waals surface area contributed by atoms with E-state index in [-0.39, 0.29) is 24.7 Å². The highest BCUT2D eigenvalue weighted by atomic mass is 19.4. The van der Waals surface area contributed by atoms with Crippen LogP contribution in [-0.2, 0) is 16.1 Å². The van der Waals surface area contributed by atoms with E-state index in [0.29, 0.717) is 19.1 Å². The summed E-state index contributed by atoms with van der Waals surface area (Å²) >= 11 is 0. The van der Waals surface area contributed by atoms with Crippen LogP contribution in [0.2, 0.25) is 0 Å². The number of carbonyl (C=O) groups is 1. The first-order valence-corrected chi connectivity index (χ1v) is 9.69. The molecule has 2 fully saturated rings. The number of carbonyl (C=O) groups excluding carboxylic acids is 1. The number of morpholine rings is 1. The molecule has 0 spiro atoms. The third-order valence-corrected chi connectivity index (χ3v) is 5.43. The molecule has 1 atom stereocenters. The van der Waals surface area contributed by atoms with Crippen LogP contribution in [0.1, 0.15) is 37.6 Å². The van der Waals surface area contributed by atoms with Crippen molar-refractivity contribution in [3.63, 3.8) is 0 Å². The Kier molecular flexibility index (Phi) is 6.95. The highest BCUT2D eigenvalue weighted by Crippen LogP contribution is 2.24. The number of ether oxygens (including phenoxy) is 1. The van der Waals surface area contributed by atoms with Gasteiger partial charge in [0.15, 0.2) is 0 Å². The summed E-state index contributed by atoms with van der Waals surface area (Å²) in [4.78, 5) is 20.6. The maximum absolute atomic E-state index is 12.5. The normalized spacial score (nSPS) is 21.1. The molecule has 0 aromatic carbocycles. The van der Waals surface area contributed by atoms with Crippen molar-refractivity contribution in [3.8, 4) is 0 Å². The van der Waals surface area contributed by atoms with Crippen LogP contribution in [-0.4, -0.2) is 82.0 Å². The van der Waals surface area contributed by atoms with E-state index in [1.807, 2.05) is 0 Å². The molecule has 3 rings (SSSR count). The lowest BCUT2D eigenvalue weighted by molar-refractivity contribution is -0.138. The summed E-state index contributed by atoms with van der Waals surface area (Å²) in [7, 11) is 0. The molecule has 0 radical (unpaired) electrons. The van der Waals surface area contributed by atoms with Crippen molar-refractivity contribution in [2.45, 2.75) is 50.6 Å². The Bertz CT molecular complexity index is 638. The number of imidazole rings is 1. The van der Waals surface area contributed by atoms with Gasteiger partial charge in [0.25, 0.3) is 0 Å². The SMILES string of the molecule is O=C(CC(O)c1nccn1CCC(F)(F)F)N1CCC(N2CCOCC2)CC1. The van der Waals surface area contributed by atoms with Gasteiger partial charge in [0.1, 0.15) is 11.9 Å². The first kappa shape index (κ1) is 21.1. The first-order chi connectivity index (χ1) is 13.3. The maximum atomic E-state index is 12.5. The van der Waals surface area contributed by atoms with Gasteiger partial charge in [-0.2, -0.15) is 13.2 Å². The van der Waals surface area contributed by atoms with Gasteiger partial charge in [0.05, 0.1) is 26.1 Å². The van der Waals surface area contributed by atoms with E-state index in [0.717, 1.165) is 39.1 Å². The highest BCUT2D eigenvalue weighted by molar-refractivity contribution is 5.76. The Morgan fingerprint density at radius 3 is 2.57 bits per heavy atom. The van der Waals surface area contributed by atoms with Gasteiger partial charge in [0, 0.05) is 51.2 Å². The number of aliphatic hydroxyl groups is 1. The van der Waals surface area contributed by atoms with E-state index in [1.54, 1.807) is 4.90 Å². The lowest BCUT2D eigenvalue weighted by Crippen LogP contribution is -2.50. The number of likely N-dealkylation sites (tertiary alicyclic amines) is 1. The number of halogens is 3. The summed E-state index contributed by atoms with van der Waals surface area (Å²) in [6.45, 7) is 4.23. The van der Waals surface area contributed by atoms with Crippen LogP contribution in [0.5, 0.6) is 0 Å². The number of aliphatic hydroxyl groups excluding tert-OH is 1. The Morgan fingerprint density at radius 1 is 1.25 bits per heavy atom. The van der Waals surface area contributed by atoms with E-state index in [1.165, 1.54) is 17.0 Å². The molecule has 2 aliphatic heterocycles. The molecular weight excluding hydrogens is 377 g/mol. The van der Waals surface area contributed by atoms with Gasteiger partial charge in [-0.05, 0) is 12.8 Å². The number of hydrogen-bond donors (Lipinski definition) is 1. The fraction of sp³-hybridized carbons (Fsp3) is 0.778. The van der Waals surface area contributed by atoms with Crippen molar-refractivity contribution in [1.29, 1.82) is 0 Å². The van der Waals surface area contributed by atoms with Crippen molar-refractivity contribution < 1.29 is 27.8 Å². The number of alkyl halides is 3. The molecule has 1 amide bonds. The van der Waals surface area contributed by atoms with Gasteiger partial charge < -0.3 is 19.3 Å². The van der Waals surface area contributed by atoms with Crippen LogP contribution in [0.4, 0.5) is 13.2 Å². The van der Waals surface area contributed by atoms with Crippen LogP contribution >= 0.6 is 0 Å². The molecule has 1 N–H and O–H groups in total. The zero-order valence-electron chi connectivity index (χ0n) is 15.8. The lowest BCUT2D eigenvalue weighted by atomic mass is 10.0. The van der Waals surface area contributed by atoms with Crippen LogP contribution in [0.25, 0.3) is 0 Å². The van der Waals surface area contributed by atoms with Crippen molar-refractivity contribution in [3.05, 3.63) is 18.2 Å². The molecule has 10 heteroatoms. The highest BCUT2D eigenvalue weighted by Gasteiger charge is 2.30. The van der Waals surface area contributed by atoms with Crippen LogP contribution in [0.3, 0.4) is 0 Å². The molecule has 7 nitrogen and oxygen atoms in total. The third kappa shape index (κ3) is 5.68. The van der Waals surface area contributed by atoms with Gasteiger partial charge in [-0.25, -0.2) is 4.98 Å². The number of nitrogens with zero attached hydrogens (tertiary/aromatic N) is 4. The molecule has 0 bridgehead atoms. The van der Waals surface area contributed by atoms with E-state index >= 15 is 0 Å². The van der Waals surface area contributed by atoms with Crippen molar-refractivity contribution in [2.24, 2.45) is 0 Å². The number of rotatable bonds is 6. The second kappa shape index (κ2) is 9.23. The average Bonchev–Trinajstić information content (AvgIpc) is 3.15. The fourth-order valence-electron chi connectivity index (χ4n) is 3.86. The number of amides is 1. The number of hydrogen-bond acceptors (Lipinski definition) is 5. The zero-order valence-corrected chi connectivity index (χ0v) is 15.8. The van der Waals surface area contributed by atoms with Gasteiger partial charge in [-0.3, -0.25) is 9.69 Å². The molecule has 28 heavy (non-hydrogen) atoms. The number of piperidine rings is 1. The first-order valence-electron chi connectivity index (χ1n) is 9.69. The van der Waals surface area contributed by atoms with Crippen molar-refractivity contribution in [1.82, 2.24) is 19.4 Å². The molecule has 1 aromatic rings. The number of aromatic nitrogens is 2. The van der Waals surface area contributed by atoms with Gasteiger partial charge in [0.2, 0.25) is 5.91 Å². The summed E-state index contributed by atoms with van der Waals surface area (Å²) in [5.74, 6) is -0.0981. The maximum Gasteiger partial charge on any atom is 0.390 e. The van der Waals surface area contributed by atoms with E-state index < -0.39 is 18.7 Å². The number of aryl methyl sites for hydroxylation is 1. The summed E-state index contributed by atoms with van der Waals surface area (Å²) in [6.07, 6.45) is -2.20. The summed E-state index contributed by atoms with van der Waals surface area (Å²) < 4.78 is 43.9. The van der Waals surface area contributed by atoms with E-state index in [9.17, 15) is 23.1 Å². The molecule has 1 aromatic heterocycles. The van der Waals surface area contributed by atoms with Gasteiger partial charge in [-0.15, -0.1) is 0 Å². The minimum absolute atomic E-state index is 0.0980. The monoisotopic (exact) mass is 404 g/mol. The topological polar surface area (TPSA) is 70.8 Å². The van der Waals surface area contributed by atoms with Gasteiger partial charge >= 0.3 is 6.18 Å². The Hall–Kier alpha value is -1.65. The minimum atomic E-state index is -4.28. The van der Waals surface area contributed by atoms with Crippen LogP contribution in [0.15, 0.2) is 12.4 Å². The second-order valence-corrected chi connectivity index (χ2v) is 7.32. The molecule has 0 saturated carbocycles. The lowest BCUT2D eigenvalue weighted by Gasteiger charge is -2.40. The molecule has 0 aliphatic carbocycles.